The number of ether oxygens (including phenoxy) is 3. The van der Waals surface area contributed by atoms with E-state index in [9.17, 15) is 33.4 Å². The monoisotopic (exact) mass is 886 g/mol. The van der Waals surface area contributed by atoms with Crippen molar-refractivity contribution in [3.05, 3.63) is 16.7 Å². The number of carbonyl (C=O) groups is 3. The van der Waals surface area contributed by atoms with E-state index >= 15 is 0 Å². The number of anilines is 1. The number of carbonyl (C=O) groups excluding carboxylic acids is 3. The summed E-state index contributed by atoms with van der Waals surface area (Å²) in [5.41, 5.74) is -1.09. The van der Waals surface area contributed by atoms with Gasteiger partial charge in [-0.2, -0.15) is 20.8 Å². The number of nitriles is 3. The summed E-state index contributed by atoms with van der Waals surface area (Å²) < 4.78 is 78.3. The van der Waals surface area contributed by atoms with Gasteiger partial charge in [-0.1, -0.05) is 41.5 Å². The molecule has 3 heterocycles. The van der Waals surface area contributed by atoms with Gasteiger partial charge in [0, 0.05) is 5.92 Å². The maximum absolute atomic E-state index is 14.1. The van der Waals surface area contributed by atoms with E-state index in [1.165, 1.54) is 18.4 Å². The van der Waals surface area contributed by atoms with Crippen molar-refractivity contribution in [2.75, 3.05) is 45.0 Å². The minimum Gasteiger partial charge on any atom is -0.455 e. The summed E-state index contributed by atoms with van der Waals surface area (Å²) in [7, 11) is -9.36. The van der Waals surface area contributed by atoms with Crippen LogP contribution in [0.3, 0.4) is 0 Å². The summed E-state index contributed by atoms with van der Waals surface area (Å²) in [5, 5.41) is 39.3. The number of imidazole rings is 1. The molecule has 60 heavy (non-hydrogen) atoms. The molecular formula is C34H48N8O16P2. The van der Waals surface area contributed by atoms with Crippen molar-refractivity contribution < 1.29 is 70.0 Å². The van der Waals surface area contributed by atoms with Crippen molar-refractivity contribution in [2.45, 2.75) is 91.4 Å². The molecule has 330 valence electrons. The number of esters is 2. The van der Waals surface area contributed by atoms with Crippen LogP contribution in [0.2, 0.25) is 0 Å². The van der Waals surface area contributed by atoms with Gasteiger partial charge in [-0.05, 0) is 0 Å². The van der Waals surface area contributed by atoms with Crippen molar-refractivity contribution in [2.24, 2.45) is 17.8 Å². The molecule has 1 aliphatic heterocycles. The number of hydrogen-bond donors (Lipinski definition) is 3. The van der Waals surface area contributed by atoms with Gasteiger partial charge in [0.25, 0.3) is 5.56 Å². The number of H-pyrrole nitrogens is 1. The lowest BCUT2D eigenvalue weighted by Crippen LogP contribution is -2.42. The summed E-state index contributed by atoms with van der Waals surface area (Å²) in [6.07, 6.45) is -7.09. The highest BCUT2D eigenvalue weighted by atomic mass is 31.2. The van der Waals surface area contributed by atoms with Gasteiger partial charge in [-0.15, -0.1) is 0 Å². The summed E-state index contributed by atoms with van der Waals surface area (Å²) in [5.74, 6) is -4.12. The molecule has 0 spiro atoms. The van der Waals surface area contributed by atoms with Crippen LogP contribution >= 0.6 is 15.6 Å². The number of aliphatic hydroxyl groups is 1. The van der Waals surface area contributed by atoms with Crippen LogP contribution in [0, 0.1) is 51.7 Å². The third kappa shape index (κ3) is 14.2. The molecule has 1 amide bonds. The van der Waals surface area contributed by atoms with Gasteiger partial charge in [-0.3, -0.25) is 61.2 Å². The second-order valence-corrected chi connectivity index (χ2v) is 17.0. The topological polar surface area (TPSA) is 336 Å². The smallest absolute Gasteiger partial charge is 0.455 e. The number of hydrogen-bond acceptors (Lipinski definition) is 21. The van der Waals surface area contributed by atoms with E-state index < -0.39 is 127 Å². The molecule has 1 fully saturated rings. The van der Waals surface area contributed by atoms with Crippen molar-refractivity contribution in [3.8, 4) is 18.2 Å². The summed E-state index contributed by atoms with van der Waals surface area (Å²) >= 11 is 0. The van der Waals surface area contributed by atoms with Crippen LogP contribution in [-0.2, 0) is 64.9 Å². The van der Waals surface area contributed by atoms with Crippen LogP contribution in [0.15, 0.2) is 11.1 Å². The molecule has 2 aromatic rings. The fourth-order valence-electron chi connectivity index (χ4n) is 4.76. The predicted molar refractivity (Wildman–Crippen MR) is 203 cm³/mol. The molecule has 3 N–H and O–H groups in total. The largest absolute Gasteiger partial charge is 0.475 e. The lowest BCUT2D eigenvalue weighted by atomic mass is 10.1. The number of aliphatic hydroxyl groups excluding tert-OH is 1. The Bertz CT molecular complexity index is 2050. The quantitative estimate of drug-likeness (QED) is 0.0732. The van der Waals surface area contributed by atoms with Crippen molar-refractivity contribution in [3.63, 3.8) is 0 Å². The third-order valence-electron chi connectivity index (χ3n) is 7.89. The second kappa shape index (κ2) is 23.4. The van der Waals surface area contributed by atoms with Crippen molar-refractivity contribution in [1.29, 1.82) is 15.8 Å². The normalized spacial score (nSPS) is 19.4. The highest BCUT2D eigenvalue weighted by Crippen LogP contribution is 2.53. The van der Waals surface area contributed by atoms with E-state index in [0.717, 1.165) is 6.33 Å². The Morgan fingerprint density at radius 3 is 1.93 bits per heavy atom. The predicted octanol–water partition coefficient (Wildman–Crippen LogP) is 3.16. The first-order valence-electron chi connectivity index (χ1n) is 18.6. The Balaban J connectivity index is 2.01. The van der Waals surface area contributed by atoms with Crippen molar-refractivity contribution >= 4 is 50.6 Å². The highest BCUT2D eigenvalue weighted by Gasteiger charge is 2.52. The Morgan fingerprint density at radius 1 is 0.867 bits per heavy atom. The minimum atomic E-state index is -4.83. The number of aromatic nitrogens is 4. The molecule has 6 atom stereocenters. The lowest BCUT2D eigenvalue weighted by molar-refractivity contribution is -0.172. The van der Waals surface area contributed by atoms with Gasteiger partial charge in [-0.25, -0.2) is 14.1 Å². The standard InChI is InChI=1S/C34H48N8O16P2/c1-20(2)29(44)40-34-39-28-25(30(45)41-34)38-19-42(28)31-27(57-33(47)22(5)6)26(56-32(46)21(3)4)24(55-31)18-54-59(48,50-13-7-10-35)53-17-23(16-43)58-60(49,51-14-8-11-36)52-15-9-12-37/h19-24,26-27,31,43H,7-9,13-18H2,1-6H3,(H2,39,40,41,44,45). The van der Waals surface area contributed by atoms with E-state index in [4.69, 9.17) is 57.1 Å². The number of phosphoric ester groups is 2. The van der Waals surface area contributed by atoms with Crippen molar-refractivity contribution in [1.82, 2.24) is 19.5 Å². The first-order valence-corrected chi connectivity index (χ1v) is 21.5. The number of nitrogens with one attached hydrogen (secondary N) is 2. The van der Waals surface area contributed by atoms with E-state index in [-0.39, 0.29) is 36.4 Å². The zero-order valence-electron chi connectivity index (χ0n) is 33.7. The van der Waals surface area contributed by atoms with Gasteiger partial charge in [0.15, 0.2) is 29.6 Å². The molecule has 0 radical (unpaired) electrons. The molecule has 0 aromatic carbocycles. The lowest BCUT2D eigenvalue weighted by Gasteiger charge is -2.27. The molecule has 1 aliphatic rings. The molecule has 0 aliphatic carbocycles. The van der Waals surface area contributed by atoms with Crippen LogP contribution in [0.4, 0.5) is 5.95 Å². The molecule has 3 rings (SSSR count). The van der Waals surface area contributed by atoms with Gasteiger partial charge in [0.1, 0.15) is 12.2 Å². The minimum absolute atomic E-state index is 0.140. The van der Waals surface area contributed by atoms with E-state index in [2.05, 4.69) is 20.3 Å². The van der Waals surface area contributed by atoms with E-state index in [0.29, 0.717) is 0 Å². The van der Waals surface area contributed by atoms with Crippen LogP contribution in [0.1, 0.15) is 67.0 Å². The van der Waals surface area contributed by atoms with Gasteiger partial charge >= 0.3 is 27.6 Å². The third-order valence-corrected chi connectivity index (χ3v) is 10.9. The van der Waals surface area contributed by atoms with Crippen LogP contribution < -0.4 is 10.9 Å². The maximum Gasteiger partial charge on any atom is 0.475 e. The number of nitrogens with zero attached hydrogens (tertiary/aromatic N) is 6. The number of phosphoric acid groups is 2. The Kier molecular flexibility index (Phi) is 19.4. The molecule has 6 unspecified atom stereocenters. The molecule has 0 saturated carbocycles. The first kappa shape index (κ1) is 49.7. The molecule has 1 saturated heterocycles. The summed E-state index contributed by atoms with van der Waals surface area (Å²) in [6, 6.07) is 5.34. The average molecular weight is 887 g/mol. The fraction of sp³-hybridized carbons (Fsp3) is 0.676. The SMILES string of the molecule is CC(C)C(=O)Nc1nc2c(ncn2C2OC(COP(=O)(OCCC#N)OCC(CO)OP(=O)(OCCC#N)OCCC#N)C(OC(=O)C(C)C)C2OC(=O)C(C)C)c(=O)[nH]1. The van der Waals surface area contributed by atoms with E-state index in [1.807, 2.05) is 0 Å². The van der Waals surface area contributed by atoms with E-state index in [1.54, 1.807) is 45.9 Å². The Hall–Kier alpha value is -4.63. The number of aromatic amines is 1. The zero-order valence-corrected chi connectivity index (χ0v) is 35.5. The van der Waals surface area contributed by atoms with Crippen LogP contribution in [-0.4, -0.2) is 107 Å². The maximum atomic E-state index is 14.1. The molecular weight excluding hydrogens is 838 g/mol. The van der Waals surface area contributed by atoms with Crippen LogP contribution in [0.25, 0.3) is 11.2 Å². The first-order chi connectivity index (χ1) is 28.4. The molecule has 24 nitrogen and oxygen atoms in total. The Morgan fingerprint density at radius 2 is 1.42 bits per heavy atom. The highest BCUT2D eigenvalue weighted by molar-refractivity contribution is 7.48. The summed E-state index contributed by atoms with van der Waals surface area (Å²) in [6.45, 7) is 5.52. The average Bonchev–Trinajstić information content (AvgIpc) is 3.76. The Labute approximate surface area is 344 Å². The van der Waals surface area contributed by atoms with Gasteiger partial charge < -0.3 is 19.3 Å². The number of rotatable bonds is 25. The molecule has 0 bridgehead atoms. The zero-order chi connectivity index (χ0) is 44.6. The number of amides is 1. The van der Waals surface area contributed by atoms with Crippen LogP contribution in [0.5, 0.6) is 0 Å². The number of fused-ring (bicyclic) bond motifs is 1. The van der Waals surface area contributed by atoms with Gasteiger partial charge in [0.05, 0.1) is 95.3 Å². The molecule has 26 heteroatoms. The second-order valence-electron chi connectivity index (χ2n) is 13.7. The van der Waals surface area contributed by atoms with Gasteiger partial charge in [0.2, 0.25) is 11.9 Å². The fourth-order valence-corrected chi connectivity index (χ4v) is 7.30. The summed E-state index contributed by atoms with van der Waals surface area (Å²) in [4.78, 5) is 62.6. The molecule has 2 aromatic heterocycles.